The van der Waals surface area contributed by atoms with E-state index in [4.69, 9.17) is 17.3 Å². The van der Waals surface area contributed by atoms with Crippen LogP contribution < -0.4 is 10.5 Å². The van der Waals surface area contributed by atoms with Crippen molar-refractivity contribution in [3.8, 4) is 0 Å². The van der Waals surface area contributed by atoms with E-state index in [0.717, 1.165) is 18.4 Å². The van der Waals surface area contributed by atoms with E-state index in [1.807, 2.05) is 6.92 Å². The molecule has 0 heterocycles. The second-order valence-electron chi connectivity index (χ2n) is 4.64. The Bertz CT molecular complexity index is 538. The molecule has 0 radical (unpaired) electrons. The van der Waals surface area contributed by atoms with Gasteiger partial charge in [0.05, 0.1) is 5.02 Å². The van der Waals surface area contributed by atoms with E-state index in [-0.39, 0.29) is 22.0 Å². The summed E-state index contributed by atoms with van der Waals surface area (Å²) in [5, 5.41) is 0.221. The van der Waals surface area contributed by atoms with Gasteiger partial charge >= 0.3 is 0 Å². The molecule has 0 aliphatic heterocycles. The molecular weight excluding hydrogens is 260 g/mol. The molecule has 0 amide bonds. The van der Waals surface area contributed by atoms with Crippen LogP contribution in [0, 0.1) is 0 Å². The molecule has 94 valence electrons. The predicted molar refractivity (Wildman–Crippen MR) is 67.3 cm³/mol. The van der Waals surface area contributed by atoms with Crippen LogP contribution in [0.3, 0.4) is 0 Å². The smallest absolute Gasteiger partial charge is 0.242 e. The molecule has 0 saturated heterocycles. The van der Waals surface area contributed by atoms with E-state index in [0.29, 0.717) is 0 Å². The number of hydrogen-bond donors (Lipinski definition) is 2. The van der Waals surface area contributed by atoms with E-state index in [1.165, 1.54) is 6.07 Å². The monoisotopic (exact) mass is 274 g/mol. The lowest BCUT2D eigenvalue weighted by molar-refractivity contribution is 0.558. The molecule has 4 nitrogen and oxygen atoms in total. The van der Waals surface area contributed by atoms with Crippen LogP contribution in [-0.2, 0) is 16.6 Å². The molecule has 1 aliphatic carbocycles. The number of nitrogens with two attached hydrogens (primary N) is 1. The van der Waals surface area contributed by atoms with Gasteiger partial charge in [0.15, 0.2) is 0 Å². The first-order valence-electron chi connectivity index (χ1n) is 5.39. The molecule has 1 saturated carbocycles. The first kappa shape index (κ1) is 12.8. The first-order chi connectivity index (χ1) is 7.86. The third-order valence-corrected chi connectivity index (χ3v) is 5.02. The van der Waals surface area contributed by atoms with Gasteiger partial charge in [-0.15, -0.1) is 0 Å². The summed E-state index contributed by atoms with van der Waals surface area (Å²) >= 11 is 5.93. The van der Waals surface area contributed by atoms with Crippen molar-refractivity contribution < 1.29 is 8.42 Å². The molecule has 1 aromatic carbocycles. The summed E-state index contributed by atoms with van der Waals surface area (Å²) in [5.41, 5.74) is 5.93. The van der Waals surface area contributed by atoms with E-state index in [1.54, 1.807) is 12.1 Å². The fourth-order valence-electron chi connectivity index (χ4n) is 1.55. The van der Waals surface area contributed by atoms with Gasteiger partial charge in [-0.05, 0) is 37.5 Å². The largest absolute Gasteiger partial charge is 0.326 e. The van der Waals surface area contributed by atoms with E-state index >= 15 is 0 Å². The summed E-state index contributed by atoms with van der Waals surface area (Å²) < 4.78 is 26.9. The maximum atomic E-state index is 12.1. The molecular formula is C11H15ClN2O2S. The number of hydrogen-bond acceptors (Lipinski definition) is 3. The minimum Gasteiger partial charge on any atom is -0.326 e. The van der Waals surface area contributed by atoms with Gasteiger partial charge in [0, 0.05) is 12.1 Å². The Balaban J connectivity index is 2.38. The van der Waals surface area contributed by atoms with Gasteiger partial charge in [-0.25, -0.2) is 13.1 Å². The van der Waals surface area contributed by atoms with Crippen molar-refractivity contribution in [1.82, 2.24) is 4.72 Å². The normalized spacial score (nSPS) is 18.1. The Morgan fingerprint density at radius 3 is 2.65 bits per heavy atom. The van der Waals surface area contributed by atoms with Crippen LogP contribution in [0.4, 0.5) is 0 Å². The van der Waals surface area contributed by atoms with Crippen molar-refractivity contribution in [3.63, 3.8) is 0 Å². The van der Waals surface area contributed by atoms with Crippen LogP contribution in [0.15, 0.2) is 23.1 Å². The topological polar surface area (TPSA) is 72.2 Å². The lowest BCUT2D eigenvalue weighted by Crippen LogP contribution is -2.34. The lowest BCUT2D eigenvalue weighted by Gasteiger charge is -2.13. The molecule has 0 spiro atoms. The number of benzene rings is 1. The van der Waals surface area contributed by atoms with Crippen LogP contribution in [0.1, 0.15) is 25.3 Å². The van der Waals surface area contributed by atoms with Crippen molar-refractivity contribution >= 4 is 21.6 Å². The highest BCUT2D eigenvalue weighted by Gasteiger charge is 2.41. The summed E-state index contributed by atoms with van der Waals surface area (Å²) in [7, 11) is -3.56. The van der Waals surface area contributed by atoms with Gasteiger partial charge in [-0.2, -0.15) is 0 Å². The van der Waals surface area contributed by atoms with E-state index in [9.17, 15) is 8.42 Å². The highest BCUT2D eigenvalue weighted by atomic mass is 35.5. The zero-order valence-corrected chi connectivity index (χ0v) is 11.1. The molecule has 2 rings (SSSR count). The summed E-state index contributed by atoms with van der Waals surface area (Å²) in [6, 6.07) is 4.81. The first-order valence-corrected chi connectivity index (χ1v) is 7.25. The zero-order valence-electron chi connectivity index (χ0n) is 9.53. The standard InChI is InChI=1S/C11H15ClN2O2S/c1-11(4-5-11)14-17(15,16)10-6-8(7-13)2-3-9(10)12/h2-3,6,14H,4-5,7,13H2,1H3. The maximum Gasteiger partial charge on any atom is 0.242 e. The zero-order chi connectivity index (χ0) is 12.7. The Hall–Kier alpha value is -0.620. The van der Waals surface area contributed by atoms with Gasteiger partial charge in [-0.1, -0.05) is 17.7 Å². The van der Waals surface area contributed by atoms with Crippen LogP contribution >= 0.6 is 11.6 Å². The third-order valence-electron chi connectivity index (χ3n) is 2.90. The van der Waals surface area contributed by atoms with Crippen LogP contribution in [0.2, 0.25) is 5.02 Å². The highest BCUT2D eigenvalue weighted by molar-refractivity contribution is 7.89. The molecule has 1 aromatic rings. The van der Waals surface area contributed by atoms with Crippen molar-refractivity contribution in [2.24, 2.45) is 5.73 Å². The molecule has 1 fully saturated rings. The van der Waals surface area contributed by atoms with Gasteiger partial charge < -0.3 is 5.73 Å². The van der Waals surface area contributed by atoms with Crippen molar-refractivity contribution in [2.45, 2.75) is 36.7 Å². The minimum absolute atomic E-state index is 0.107. The molecule has 17 heavy (non-hydrogen) atoms. The molecule has 0 atom stereocenters. The lowest BCUT2D eigenvalue weighted by atomic mass is 10.2. The summed E-state index contributed by atoms with van der Waals surface area (Å²) in [4.78, 5) is 0.107. The number of rotatable bonds is 4. The fourth-order valence-corrected chi connectivity index (χ4v) is 3.57. The maximum absolute atomic E-state index is 12.1. The average molecular weight is 275 g/mol. The van der Waals surface area contributed by atoms with Gasteiger partial charge in [0.2, 0.25) is 10.0 Å². The number of nitrogens with one attached hydrogen (secondary N) is 1. The quantitative estimate of drug-likeness (QED) is 0.877. The third kappa shape index (κ3) is 2.80. The second kappa shape index (κ2) is 4.24. The van der Waals surface area contributed by atoms with Gasteiger partial charge in [0.25, 0.3) is 0 Å². The molecule has 0 unspecified atom stereocenters. The molecule has 3 N–H and O–H groups in total. The summed E-state index contributed by atoms with van der Waals surface area (Å²) in [5.74, 6) is 0. The van der Waals surface area contributed by atoms with Crippen LogP contribution in [-0.4, -0.2) is 14.0 Å². The Labute approximate surface area is 106 Å². The highest BCUT2D eigenvalue weighted by Crippen LogP contribution is 2.36. The Kier molecular flexibility index (Phi) is 3.20. The SMILES string of the molecule is CC1(NS(=O)(=O)c2cc(CN)ccc2Cl)CC1. The summed E-state index contributed by atoms with van der Waals surface area (Å²) in [6.07, 6.45) is 1.72. The predicted octanol–water partition coefficient (Wildman–Crippen LogP) is 1.63. The molecule has 6 heteroatoms. The average Bonchev–Trinajstić information content (AvgIpc) is 2.95. The van der Waals surface area contributed by atoms with Gasteiger partial charge in [-0.3, -0.25) is 0 Å². The Morgan fingerprint density at radius 2 is 2.12 bits per heavy atom. The molecule has 1 aliphatic rings. The molecule has 0 bridgehead atoms. The van der Waals surface area contributed by atoms with Crippen LogP contribution in [0.5, 0.6) is 0 Å². The van der Waals surface area contributed by atoms with E-state index < -0.39 is 10.0 Å². The number of sulfonamides is 1. The number of halogens is 1. The minimum atomic E-state index is -3.56. The Morgan fingerprint density at radius 1 is 1.47 bits per heavy atom. The summed E-state index contributed by atoms with van der Waals surface area (Å²) in [6.45, 7) is 2.17. The fraction of sp³-hybridized carbons (Fsp3) is 0.455. The van der Waals surface area contributed by atoms with Crippen molar-refractivity contribution in [1.29, 1.82) is 0 Å². The van der Waals surface area contributed by atoms with Gasteiger partial charge in [0.1, 0.15) is 4.90 Å². The molecule has 0 aromatic heterocycles. The van der Waals surface area contributed by atoms with E-state index in [2.05, 4.69) is 4.72 Å². The van der Waals surface area contributed by atoms with Crippen molar-refractivity contribution in [3.05, 3.63) is 28.8 Å². The van der Waals surface area contributed by atoms with Crippen molar-refractivity contribution in [2.75, 3.05) is 0 Å². The van der Waals surface area contributed by atoms with Crippen LogP contribution in [0.25, 0.3) is 0 Å². The second-order valence-corrected chi connectivity index (χ2v) is 6.69.